The number of nitrogens with two attached hydrogens (primary N) is 1. The molecular formula is C21H19ClFN4O-. The van der Waals surface area contributed by atoms with E-state index < -0.39 is 0 Å². The number of anilines is 1. The summed E-state index contributed by atoms with van der Waals surface area (Å²) in [6.07, 6.45) is 1.59. The van der Waals surface area contributed by atoms with Crippen molar-refractivity contribution >= 4 is 23.6 Å². The lowest BCUT2D eigenvalue weighted by Crippen LogP contribution is -2.28. The largest absolute Gasteiger partial charge is 0.615 e. The smallest absolute Gasteiger partial charge is 0.138 e. The standard InChI is InChI=1S/C21H19ClFN4O/c1-28-19-10-7-16(21(23)20(19)15-3-2-4-17(22)12-15)11-14-5-8-18(9-6-14)27(25)13-26-24/h2-10,12-13,24H,11,25H2,1H3/q-1/b26-13-. The molecule has 0 bridgehead atoms. The summed E-state index contributed by atoms with van der Waals surface area (Å²) >= 11 is 6.08. The van der Waals surface area contributed by atoms with E-state index in [1.807, 2.05) is 12.1 Å². The fraction of sp³-hybridized carbons (Fsp3) is 0.0952. The summed E-state index contributed by atoms with van der Waals surface area (Å²) in [4.78, 5) is 0. The predicted octanol–water partition coefficient (Wildman–Crippen LogP) is 5.42. The van der Waals surface area contributed by atoms with Crippen LogP contribution in [0.2, 0.25) is 5.02 Å². The normalized spacial score (nSPS) is 11.0. The van der Waals surface area contributed by atoms with E-state index in [1.54, 1.807) is 48.5 Å². The topological polar surface area (TPSA) is 74.7 Å². The number of benzene rings is 3. The molecular weight excluding hydrogens is 379 g/mol. The van der Waals surface area contributed by atoms with Crippen LogP contribution in [0.15, 0.2) is 65.8 Å². The highest BCUT2D eigenvalue weighted by molar-refractivity contribution is 6.30. The monoisotopic (exact) mass is 397 g/mol. The molecule has 3 rings (SSSR count). The lowest BCUT2D eigenvalue weighted by molar-refractivity contribution is 0.413. The quantitative estimate of drug-likeness (QED) is 0.261. The number of methoxy groups -OCH3 is 1. The van der Waals surface area contributed by atoms with Crippen LogP contribution < -0.4 is 15.6 Å². The second kappa shape index (κ2) is 8.73. The number of ether oxygens (including phenoxy) is 1. The van der Waals surface area contributed by atoms with Crippen LogP contribution >= 0.6 is 11.6 Å². The minimum Gasteiger partial charge on any atom is -0.615 e. The lowest BCUT2D eigenvalue weighted by Gasteiger charge is -2.15. The summed E-state index contributed by atoms with van der Waals surface area (Å²) in [5.74, 6) is 12.7. The van der Waals surface area contributed by atoms with Crippen molar-refractivity contribution in [1.29, 1.82) is 0 Å². The first-order valence-electron chi connectivity index (χ1n) is 8.47. The average molecular weight is 398 g/mol. The molecule has 0 aliphatic rings. The Labute approximate surface area is 167 Å². The first-order chi connectivity index (χ1) is 13.5. The van der Waals surface area contributed by atoms with Crippen molar-refractivity contribution < 1.29 is 9.13 Å². The highest BCUT2D eigenvalue weighted by Crippen LogP contribution is 2.36. The zero-order valence-corrected chi connectivity index (χ0v) is 15.9. The number of nitrogens with one attached hydrogen (secondary N) is 1. The average Bonchev–Trinajstić information content (AvgIpc) is 2.70. The van der Waals surface area contributed by atoms with Crippen LogP contribution in [0.3, 0.4) is 0 Å². The molecule has 3 N–H and O–H groups in total. The van der Waals surface area contributed by atoms with Gasteiger partial charge in [0.15, 0.2) is 0 Å². The number of hydrazine groups is 1. The molecule has 0 saturated carbocycles. The molecule has 3 aromatic rings. The van der Waals surface area contributed by atoms with Gasteiger partial charge in [-0.15, -0.1) is 0 Å². The van der Waals surface area contributed by atoms with Gasteiger partial charge in [0, 0.05) is 11.4 Å². The Balaban J connectivity index is 1.94. The second-order valence-electron chi connectivity index (χ2n) is 6.12. The van der Waals surface area contributed by atoms with Crippen molar-refractivity contribution in [3.8, 4) is 16.9 Å². The molecule has 5 nitrogen and oxygen atoms in total. The molecule has 0 fully saturated rings. The van der Waals surface area contributed by atoms with Gasteiger partial charge in [-0.2, -0.15) is 0 Å². The summed E-state index contributed by atoms with van der Waals surface area (Å²) in [6.45, 7) is 0. The molecule has 0 unspecified atom stereocenters. The summed E-state index contributed by atoms with van der Waals surface area (Å²) in [6, 6.07) is 17.8. The van der Waals surface area contributed by atoms with Gasteiger partial charge in [0.25, 0.3) is 0 Å². The van der Waals surface area contributed by atoms with Crippen LogP contribution in [0, 0.1) is 5.82 Å². The SMILES string of the molecule is COc1ccc(Cc2ccc(N(N)/C=N\[NH-])cc2)c(F)c1-c1cccc(Cl)c1. The van der Waals surface area contributed by atoms with Crippen molar-refractivity contribution in [2.24, 2.45) is 10.9 Å². The Morgan fingerprint density at radius 3 is 2.57 bits per heavy atom. The van der Waals surface area contributed by atoms with Crippen LogP contribution in [0.25, 0.3) is 17.0 Å². The van der Waals surface area contributed by atoms with Gasteiger partial charge in [-0.05, 0) is 47.0 Å². The fourth-order valence-electron chi connectivity index (χ4n) is 2.96. The highest BCUT2D eigenvalue weighted by Gasteiger charge is 2.16. The van der Waals surface area contributed by atoms with E-state index in [-0.39, 0.29) is 5.82 Å². The van der Waals surface area contributed by atoms with E-state index >= 15 is 4.39 Å². The Morgan fingerprint density at radius 1 is 1.18 bits per heavy atom. The van der Waals surface area contributed by atoms with Gasteiger partial charge in [0.2, 0.25) is 0 Å². The van der Waals surface area contributed by atoms with Gasteiger partial charge < -0.3 is 15.7 Å². The molecule has 7 heteroatoms. The van der Waals surface area contributed by atoms with Gasteiger partial charge in [-0.3, -0.25) is 5.01 Å². The molecule has 0 heterocycles. The van der Waals surface area contributed by atoms with Crippen molar-refractivity contribution in [2.45, 2.75) is 6.42 Å². The first kappa shape index (κ1) is 19.7. The van der Waals surface area contributed by atoms with Gasteiger partial charge >= 0.3 is 0 Å². The molecule has 0 atom stereocenters. The third-order valence-corrected chi connectivity index (χ3v) is 4.56. The maximum Gasteiger partial charge on any atom is 0.138 e. The first-order valence-corrected chi connectivity index (χ1v) is 8.85. The van der Waals surface area contributed by atoms with Crippen molar-refractivity contribution in [3.63, 3.8) is 0 Å². The van der Waals surface area contributed by atoms with Gasteiger partial charge in [0.1, 0.15) is 11.6 Å². The summed E-state index contributed by atoms with van der Waals surface area (Å²) in [5, 5.41) is 4.90. The second-order valence-corrected chi connectivity index (χ2v) is 6.56. The molecule has 3 aromatic carbocycles. The minimum absolute atomic E-state index is 0.340. The van der Waals surface area contributed by atoms with Gasteiger partial charge in [-0.1, -0.05) is 41.9 Å². The summed E-state index contributed by atoms with van der Waals surface area (Å²) in [5.41, 5.74) is 3.18. The Hall–Kier alpha value is -3.09. The molecule has 0 saturated heterocycles. The van der Waals surface area contributed by atoms with Crippen LogP contribution in [0.1, 0.15) is 11.1 Å². The molecule has 0 amide bonds. The molecule has 0 aliphatic heterocycles. The van der Waals surface area contributed by atoms with Crippen LogP contribution in [-0.2, 0) is 6.42 Å². The Morgan fingerprint density at radius 2 is 1.93 bits per heavy atom. The van der Waals surface area contributed by atoms with Gasteiger partial charge in [0.05, 0.1) is 24.7 Å². The van der Waals surface area contributed by atoms with E-state index in [4.69, 9.17) is 28.0 Å². The number of rotatable bonds is 6. The summed E-state index contributed by atoms with van der Waals surface area (Å²) < 4.78 is 20.7. The van der Waals surface area contributed by atoms with E-state index in [0.29, 0.717) is 39.6 Å². The molecule has 0 radical (unpaired) electrons. The molecule has 0 aliphatic carbocycles. The predicted molar refractivity (Wildman–Crippen MR) is 112 cm³/mol. The fourth-order valence-corrected chi connectivity index (χ4v) is 3.15. The van der Waals surface area contributed by atoms with Crippen LogP contribution in [-0.4, -0.2) is 13.4 Å². The van der Waals surface area contributed by atoms with Crippen molar-refractivity contribution in [3.05, 3.63) is 88.5 Å². The molecule has 0 aromatic heterocycles. The van der Waals surface area contributed by atoms with E-state index in [2.05, 4.69) is 5.10 Å². The lowest BCUT2D eigenvalue weighted by atomic mass is 9.97. The molecule has 144 valence electrons. The third-order valence-electron chi connectivity index (χ3n) is 4.33. The van der Waals surface area contributed by atoms with Crippen molar-refractivity contribution in [1.82, 2.24) is 0 Å². The maximum absolute atomic E-state index is 15.3. The minimum atomic E-state index is -0.340. The number of hydrogen-bond donors (Lipinski definition) is 1. The number of halogens is 2. The zero-order valence-electron chi connectivity index (χ0n) is 15.2. The van der Waals surface area contributed by atoms with Crippen LogP contribution in [0.5, 0.6) is 5.75 Å². The number of hydrogen-bond acceptors (Lipinski definition) is 3. The summed E-state index contributed by atoms with van der Waals surface area (Å²) in [7, 11) is 1.51. The van der Waals surface area contributed by atoms with E-state index in [9.17, 15) is 0 Å². The van der Waals surface area contributed by atoms with E-state index in [1.165, 1.54) is 18.5 Å². The zero-order chi connectivity index (χ0) is 20.1. The van der Waals surface area contributed by atoms with Crippen LogP contribution in [0.4, 0.5) is 10.1 Å². The highest BCUT2D eigenvalue weighted by atomic mass is 35.5. The Kier molecular flexibility index (Phi) is 6.13. The van der Waals surface area contributed by atoms with Gasteiger partial charge in [-0.25, -0.2) is 10.2 Å². The third kappa shape index (κ3) is 4.24. The number of nitrogens with zero attached hydrogens (tertiary/aromatic N) is 2. The van der Waals surface area contributed by atoms with E-state index in [0.717, 1.165) is 5.56 Å². The maximum atomic E-state index is 15.3. The molecule has 0 spiro atoms. The molecule has 28 heavy (non-hydrogen) atoms. The van der Waals surface area contributed by atoms with Crippen molar-refractivity contribution in [2.75, 3.05) is 12.1 Å². The Bertz CT molecular complexity index is 992.